The summed E-state index contributed by atoms with van der Waals surface area (Å²) >= 11 is 0. The van der Waals surface area contributed by atoms with E-state index in [1.165, 1.54) is 0 Å². The standard InChI is InChI=1S/C12H18N4O/c1-13-12(17)10-2-3-11(15-8-10)9-16-6-4-14-5-7-16/h2-3,8,14H,4-7,9H2,1H3,(H,13,17). The molecule has 2 N–H and O–H groups in total. The molecule has 1 aromatic heterocycles. The lowest BCUT2D eigenvalue weighted by atomic mass is 10.2. The maximum Gasteiger partial charge on any atom is 0.252 e. The normalized spacial score (nSPS) is 16.8. The smallest absolute Gasteiger partial charge is 0.252 e. The van der Waals surface area contributed by atoms with Crippen molar-refractivity contribution >= 4 is 5.91 Å². The maximum atomic E-state index is 11.3. The first-order valence-corrected chi connectivity index (χ1v) is 5.89. The first-order valence-electron chi connectivity index (χ1n) is 5.89. The second-order valence-corrected chi connectivity index (χ2v) is 4.14. The summed E-state index contributed by atoms with van der Waals surface area (Å²) in [6.07, 6.45) is 1.64. The summed E-state index contributed by atoms with van der Waals surface area (Å²) in [6.45, 7) is 5.04. The number of hydrogen-bond acceptors (Lipinski definition) is 4. The summed E-state index contributed by atoms with van der Waals surface area (Å²) < 4.78 is 0. The number of nitrogens with zero attached hydrogens (tertiary/aromatic N) is 2. The molecule has 1 aliphatic heterocycles. The molecule has 2 heterocycles. The summed E-state index contributed by atoms with van der Waals surface area (Å²) in [4.78, 5) is 18.0. The third-order valence-corrected chi connectivity index (χ3v) is 2.91. The third kappa shape index (κ3) is 3.25. The molecule has 5 nitrogen and oxygen atoms in total. The number of pyridine rings is 1. The van der Waals surface area contributed by atoms with E-state index in [2.05, 4.69) is 20.5 Å². The van der Waals surface area contributed by atoms with E-state index in [1.807, 2.05) is 12.1 Å². The van der Waals surface area contributed by atoms with Gasteiger partial charge in [0.2, 0.25) is 0 Å². The van der Waals surface area contributed by atoms with Gasteiger partial charge in [-0.15, -0.1) is 0 Å². The second-order valence-electron chi connectivity index (χ2n) is 4.14. The van der Waals surface area contributed by atoms with Crippen molar-refractivity contribution in [2.45, 2.75) is 6.54 Å². The number of hydrogen-bond donors (Lipinski definition) is 2. The Kier molecular flexibility index (Phi) is 4.06. The number of nitrogens with one attached hydrogen (secondary N) is 2. The van der Waals surface area contributed by atoms with Gasteiger partial charge < -0.3 is 10.6 Å². The second kappa shape index (κ2) is 5.75. The minimum atomic E-state index is -0.0915. The number of aromatic nitrogens is 1. The molecule has 0 aromatic carbocycles. The summed E-state index contributed by atoms with van der Waals surface area (Å²) in [5.74, 6) is -0.0915. The van der Waals surface area contributed by atoms with Crippen LogP contribution in [0.2, 0.25) is 0 Å². The Morgan fingerprint density at radius 1 is 1.47 bits per heavy atom. The Labute approximate surface area is 101 Å². The highest BCUT2D eigenvalue weighted by Gasteiger charge is 2.11. The van der Waals surface area contributed by atoms with E-state index >= 15 is 0 Å². The predicted molar refractivity (Wildman–Crippen MR) is 65.8 cm³/mol. The van der Waals surface area contributed by atoms with Crippen molar-refractivity contribution in [3.63, 3.8) is 0 Å². The zero-order chi connectivity index (χ0) is 12.1. The molecule has 0 unspecified atom stereocenters. The van der Waals surface area contributed by atoms with Crippen LogP contribution in [-0.2, 0) is 6.54 Å². The van der Waals surface area contributed by atoms with Gasteiger partial charge in [0.15, 0.2) is 0 Å². The van der Waals surface area contributed by atoms with Crippen molar-refractivity contribution < 1.29 is 4.79 Å². The summed E-state index contributed by atoms with van der Waals surface area (Å²) in [5.41, 5.74) is 1.62. The van der Waals surface area contributed by atoms with E-state index < -0.39 is 0 Å². The van der Waals surface area contributed by atoms with Crippen LogP contribution in [-0.4, -0.2) is 49.0 Å². The van der Waals surface area contributed by atoms with Crippen LogP contribution in [0.25, 0.3) is 0 Å². The number of carbonyl (C=O) groups is 1. The van der Waals surface area contributed by atoms with Gasteiger partial charge in [0.25, 0.3) is 5.91 Å². The highest BCUT2D eigenvalue weighted by atomic mass is 16.1. The van der Waals surface area contributed by atoms with E-state index in [1.54, 1.807) is 13.2 Å². The molecule has 1 fully saturated rings. The molecule has 17 heavy (non-hydrogen) atoms. The van der Waals surface area contributed by atoms with Crippen LogP contribution in [0.4, 0.5) is 0 Å². The lowest BCUT2D eigenvalue weighted by Crippen LogP contribution is -2.43. The minimum absolute atomic E-state index is 0.0915. The van der Waals surface area contributed by atoms with E-state index in [0.29, 0.717) is 5.56 Å². The first-order chi connectivity index (χ1) is 8.29. The molecule has 0 saturated carbocycles. The minimum Gasteiger partial charge on any atom is -0.355 e. The van der Waals surface area contributed by atoms with Gasteiger partial charge in [-0.2, -0.15) is 0 Å². The molecule has 0 bridgehead atoms. The fourth-order valence-corrected chi connectivity index (χ4v) is 1.90. The van der Waals surface area contributed by atoms with E-state index in [0.717, 1.165) is 38.4 Å². The van der Waals surface area contributed by atoms with Gasteiger partial charge in [0.05, 0.1) is 11.3 Å². The summed E-state index contributed by atoms with van der Waals surface area (Å²) in [7, 11) is 1.62. The Balaban J connectivity index is 1.95. The van der Waals surface area contributed by atoms with Gasteiger partial charge in [0, 0.05) is 46.0 Å². The molecule has 5 heteroatoms. The van der Waals surface area contributed by atoms with Gasteiger partial charge in [-0.05, 0) is 12.1 Å². The quantitative estimate of drug-likeness (QED) is 0.763. The van der Waals surface area contributed by atoms with Crippen LogP contribution in [0.15, 0.2) is 18.3 Å². The van der Waals surface area contributed by atoms with Gasteiger partial charge >= 0.3 is 0 Å². The van der Waals surface area contributed by atoms with Crippen molar-refractivity contribution in [1.29, 1.82) is 0 Å². The van der Waals surface area contributed by atoms with Crippen molar-refractivity contribution in [2.24, 2.45) is 0 Å². The Morgan fingerprint density at radius 2 is 2.24 bits per heavy atom. The molecule has 2 rings (SSSR count). The van der Waals surface area contributed by atoms with Crippen molar-refractivity contribution in [2.75, 3.05) is 33.2 Å². The highest BCUT2D eigenvalue weighted by Crippen LogP contribution is 2.04. The zero-order valence-corrected chi connectivity index (χ0v) is 10.1. The molecule has 0 spiro atoms. The molecule has 1 saturated heterocycles. The predicted octanol–water partition coefficient (Wildman–Crippen LogP) is -0.154. The van der Waals surface area contributed by atoms with Crippen LogP contribution in [0.3, 0.4) is 0 Å². The van der Waals surface area contributed by atoms with E-state index in [4.69, 9.17) is 0 Å². The molecule has 0 atom stereocenters. The van der Waals surface area contributed by atoms with Crippen molar-refractivity contribution in [3.05, 3.63) is 29.6 Å². The molecular weight excluding hydrogens is 216 g/mol. The number of piperazine rings is 1. The SMILES string of the molecule is CNC(=O)c1ccc(CN2CCNCC2)nc1. The number of rotatable bonds is 3. The molecule has 0 radical (unpaired) electrons. The van der Waals surface area contributed by atoms with Gasteiger partial charge in [-0.1, -0.05) is 0 Å². The van der Waals surface area contributed by atoms with Crippen molar-refractivity contribution in [3.8, 4) is 0 Å². The van der Waals surface area contributed by atoms with Gasteiger partial charge in [-0.3, -0.25) is 14.7 Å². The monoisotopic (exact) mass is 234 g/mol. The maximum absolute atomic E-state index is 11.3. The third-order valence-electron chi connectivity index (χ3n) is 2.91. The van der Waals surface area contributed by atoms with E-state index in [9.17, 15) is 4.79 Å². The Hall–Kier alpha value is -1.46. The van der Waals surface area contributed by atoms with Crippen LogP contribution >= 0.6 is 0 Å². The summed E-state index contributed by atoms with van der Waals surface area (Å²) in [6, 6.07) is 3.75. The Morgan fingerprint density at radius 3 is 2.82 bits per heavy atom. The number of amides is 1. The molecule has 1 aromatic rings. The fraction of sp³-hybridized carbons (Fsp3) is 0.500. The topological polar surface area (TPSA) is 57.3 Å². The average molecular weight is 234 g/mol. The van der Waals surface area contributed by atoms with Crippen molar-refractivity contribution in [1.82, 2.24) is 20.5 Å². The highest BCUT2D eigenvalue weighted by molar-refractivity contribution is 5.93. The molecule has 0 aliphatic carbocycles. The lowest BCUT2D eigenvalue weighted by Gasteiger charge is -2.26. The molecule has 1 amide bonds. The average Bonchev–Trinajstić information content (AvgIpc) is 2.40. The Bertz CT molecular complexity index is 371. The number of carbonyl (C=O) groups excluding carboxylic acids is 1. The van der Waals surface area contributed by atoms with Gasteiger partial charge in [0.1, 0.15) is 0 Å². The molecular formula is C12H18N4O. The lowest BCUT2D eigenvalue weighted by molar-refractivity contribution is 0.0962. The van der Waals surface area contributed by atoms with Crippen LogP contribution in [0.1, 0.15) is 16.1 Å². The zero-order valence-electron chi connectivity index (χ0n) is 10.1. The van der Waals surface area contributed by atoms with Crippen LogP contribution in [0.5, 0.6) is 0 Å². The first kappa shape index (κ1) is 12.0. The van der Waals surface area contributed by atoms with Gasteiger partial charge in [-0.25, -0.2) is 0 Å². The molecule has 92 valence electrons. The molecule has 1 aliphatic rings. The van der Waals surface area contributed by atoms with Crippen LogP contribution < -0.4 is 10.6 Å². The summed E-state index contributed by atoms with van der Waals surface area (Å²) in [5, 5.41) is 5.90. The fourth-order valence-electron chi connectivity index (χ4n) is 1.90. The largest absolute Gasteiger partial charge is 0.355 e. The van der Waals surface area contributed by atoms with E-state index in [-0.39, 0.29) is 5.91 Å². The van der Waals surface area contributed by atoms with Crippen LogP contribution in [0, 0.1) is 0 Å².